The van der Waals surface area contributed by atoms with Gasteiger partial charge in [0.05, 0.1) is 5.69 Å². The van der Waals surface area contributed by atoms with E-state index in [1.54, 1.807) is 12.1 Å². The molecule has 0 atom stereocenters. The van der Waals surface area contributed by atoms with E-state index < -0.39 is 5.82 Å². The van der Waals surface area contributed by atoms with Gasteiger partial charge in [-0.15, -0.1) is 0 Å². The van der Waals surface area contributed by atoms with Crippen LogP contribution in [0.4, 0.5) is 10.1 Å². The molecule has 4 nitrogen and oxygen atoms in total. The van der Waals surface area contributed by atoms with Crippen LogP contribution in [-0.4, -0.2) is 56.2 Å². The van der Waals surface area contributed by atoms with E-state index >= 15 is 0 Å². The molecule has 1 heterocycles. The number of hydrogen-bond donors (Lipinski definition) is 1. The molecular formula is C13H20FN3O. The second-order valence-corrected chi connectivity index (χ2v) is 4.65. The number of nitrogen functional groups attached to an aromatic ring is 1. The van der Waals surface area contributed by atoms with Crippen molar-refractivity contribution >= 4 is 5.69 Å². The van der Waals surface area contributed by atoms with Crippen molar-refractivity contribution in [3.8, 4) is 5.75 Å². The number of benzene rings is 1. The summed E-state index contributed by atoms with van der Waals surface area (Å²) in [5, 5.41) is 0. The molecule has 0 aliphatic carbocycles. The first-order chi connectivity index (χ1) is 8.66. The average Bonchev–Trinajstić information content (AvgIpc) is 2.35. The Labute approximate surface area is 107 Å². The van der Waals surface area contributed by atoms with Gasteiger partial charge in [0.15, 0.2) is 11.6 Å². The number of halogens is 1. The summed E-state index contributed by atoms with van der Waals surface area (Å²) in [6.45, 7) is 5.49. The van der Waals surface area contributed by atoms with E-state index in [0.717, 1.165) is 32.7 Å². The van der Waals surface area contributed by atoms with Crippen molar-refractivity contribution < 1.29 is 9.13 Å². The Bertz CT molecular complexity index is 372. The minimum Gasteiger partial charge on any atom is -0.487 e. The Kier molecular flexibility index (Phi) is 4.38. The lowest BCUT2D eigenvalue weighted by Gasteiger charge is -2.32. The summed E-state index contributed by atoms with van der Waals surface area (Å²) in [7, 11) is 2.12. The van der Waals surface area contributed by atoms with Crippen molar-refractivity contribution in [2.75, 3.05) is 52.1 Å². The lowest BCUT2D eigenvalue weighted by Crippen LogP contribution is -2.45. The van der Waals surface area contributed by atoms with Crippen molar-refractivity contribution in [2.45, 2.75) is 0 Å². The quantitative estimate of drug-likeness (QED) is 0.814. The van der Waals surface area contributed by atoms with Gasteiger partial charge in [-0.2, -0.15) is 0 Å². The molecule has 0 spiro atoms. The fraction of sp³-hybridized carbons (Fsp3) is 0.538. The van der Waals surface area contributed by atoms with E-state index in [0.29, 0.717) is 12.3 Å². The van der Waals surface area contributed by atoms with Crippen LogP contribution in [0, 0.1) is 5.82 Å². The summed E-state index contributed by atoms with van der Waals surface area (Å²) in [5.74, 6) is -0.222. The number of ether oxygens (including phenoxy) is 1. The van der Waals surface area contributed by atoms with E-state index in [1.165, 1.54) is 6.07 Å². The van der Waals surface area contributed by atoms with Crippen molar-refractivity contribution in [1.29, 1.82) is 0 Å². The van der Waals surface area contributed by atoms with Crippen LogP contribution in [0.1, 0.15) is 0 Å². The molecule has 1 saturated heterocycles. The van der Waals surface area contributed by atoms with Crippen LogP contribution in [0.25, 0.3) is 0 Å². The summed E-state index contributed by atoms with van der Waals surface area (Å²) in [5.41, 5.74) is 6.03. The van der Waals surface area contributed by atoms with Crippen LogP contribution < -0.4 is 10.5 Å². The van der Waals surface area contributed by atoms with E-state index in [-0.39, 0.29) is 5.75 Å². The first kappa shape index (κ1) is 13.1. The second-order valence-electron chi connectivity index (χ2n) is 4.65. The van der Waals surface area contributed by atoms with Crippen molar-refractivity contribution in [2.24, 2.45) is 0 Å². The monoisotopic (exact) mass is 253 g/mol. The zero-order chi connectivity index (χ0) is 13.0. The fourth-order valence-electron chi connectivity index (χ4n) is 2.03. The Balaban J connectivity index is 1.78. The molecule has 1 fully saturated rings. The van der Waals surface area contributed by atoms with Gasteiger partial charge in [0.1, 0.15) is 6.61 Å². The Hall–Kier alpha value is -1.33. The Morgan fingerprint density at radius 3 is 2.67 bits per heavy atom. The molecule has 100 valence electrons. The maximum atomic E-state index is 13.4. The number of rotatable bonds is 4. The molecule has 1 aromatic rings. The van der Waals surface area contributed by atoms with Crippen molar-refractivity contribution in [3.05, 3.63) is 24.0 Å². The van der Waals surface area contributed by atoms with Gasteiger partial charge < -0.3 is 15.4 Å². The molecule has 0 amide bonds. The molecule has 5 heteroatoms. The number of nitrogens with zero attached hydrogens (tertiary/aromatic N) is 2. The molecule has 2 rings (SSSR count). The van der Waals surface area contributed by atoms with Crippen LogP contribution in [0.15, 0.2) is 18.2 Å². The molecule has 0 unspecified atom stereocenters. The van der Waals surface area contributed by atoms with Gasteiger partial charge in [0, 0.05) is 32.7 Å². The van der Waals surface area contributed by atoms with E-state index in [1.807, 2.05) is 0 Å². The van der Waals surface area contributed by atoms with Crippen molar-refractivity contribution in [1.82, 2.24) is 9.80 Å². The highest BCUT2D eigenvalue weighted by Crippen LogP contribution is 2.24. The lowest BCUT2D eigenvalue weighted by atomic mass is 10.3. The number of anilines is 1. The molecule has 18 heavy (non-hydrogen) atoms. The molecule has 0 aromatic heterocycles. The van der Waals surface area contributed by atoms with E-state index in [2.05, 4.69) is 16.8 Å². The lowest BCUT2D eigenvalue weighted by molar-refractivity contribution is 0.133. The largest absolute Gasteiger partial charge is 0.487 e. The predicted molar refractivity (Wildman–Crippen MR) is 70.2 cm³/mol. The topological polar surface area (TPSA) is 41.7 Å². The molecule has 2 N–H and O–H groups in total. The number of piperazine rings is 1. The van der Waals surface area contributed by atoms with Crippen LogP contribution in [0.2, 0.25) is 0 Å². The first-order valence-corrected chi connectivity index (χ1v) is 6.24. The fourth-order valence-corrected chi connectivity index (χ4v) is 2.03. The van der Waals surface area contributed by atoms with Gasteiger partial charge in [0.2, 0.25) is 0 Å². The summed E-state index contributed by atoms with van der Waals surface area (Å²) >= 11 is 0. The van der Waals surface area contributed by atoms with Gasteiger partial charge in [-0.1, -0.05) is 6.07 Å². The highest BCUT2D eigenvalue weighted by atomic mass is 19.1. The third kappa shape index (κ3) is 3.34. The Morgan fingerprint density at radius 1 is 1.28 bits per heavy atom. The van der Waals surface area contributed by atoms with Crippen LogP contribution in [0.3, 0.4) is 0 Å². The first-order valence-electron chi connectivity index (χ1n) is 6.24. The minimum absolute atomic E-state index is 0.173. The smallest absolute Gasteiger partial charge is 0.177 e. The summed E-state index contributed by atoms with van der Waals surface area (Å²) in [4.78, 5) is 4.61. The maximum absolute atomic E-state index is 13.4. The summed E-state index contributed by atoms with van der Waals surface area (Å²) in [6.07, 6.45) is 0. The number of para-hydroxylation sites is 1. The zero-order valence-electron chi connectivity index (χ0n) is 10.7. The number of nitrogens with two attached hydrogens (primary N) is 1. The van der Waals surface area contributed by atoms with E-state index in [4.69, 9.17) is 10.5 Å². The molecular weight excluding hydrogens is 233 g/mol. The molecule has 0 bridgehead atoms. The van der Waals surface area contributed by atoms with Crippen LogP contribution in [-0.2, 0) is 0 Å². The van der Waals surface area contributed by atoms with Gasteiger partial charge in [-0.3, -0.25) is 4.90 Å². The number of likely N-dealkylation sites (N-methyl/N-ethyl adjacent to an activating group) is 1. The van der Waals surface area contributed by atoms with E-state index in [9.17, 15) is 4.39 Å². The van der Waals surface area contributed by atoms with Crippen LogP contribution in [0.5, 0.6) is 5.75 Å². The average molecular weight is 253 g/mol. The number of hydrogen-bond acceptors (Lipinski definition) is 4. The minimum atomic E-state index is -0.395. The zero-order valence-corrected chi connectivity index (χ0v) is 10.7. The molecule has 0 radical (unpaired) electrons. The Morgan fingerprint density at radius 2 is 2.00 bits per heavy atom. The van der Waals surface area contributed by atoms with Gasteiger partial charge in [-0.05, 0) is 19.2 Å². The normalized spacial score (nSPS) is 17.9. The third-order valence-electron chi connectivity index (χ3n) is 3.25. The molecule has 0 saturated carbocycles. The van der Waals surface area contributed by atoms with Gasteiger partial charge in [-0.25, -0.2) is 4.39 Å². The summed E-state index contributed by atoms with van der Waals surface area (Å²) in [6, 6.07) is 4.59. The third-order valence-corrected chi connectivity index (χ3v) is 3.25. The standard InChI is InChI=1S/C13H20FN3O/c1-16-5-7-17(8-6-16)9-10-18-13-11(14)3-2-4-12(13)15/h2-4H,5-10,15H2,1H3. The SMILES string of the molecule is CN1CCN(CCOc2c(N)cccc2F)CC1. The highest BCUT2D eigenvalue weighted by molar-refractivity contribution is 5.52. The van der Waals surface area contributed by atoms with Crippen LogP contribution >= 0.6 is 0 Å². The molecule has 1 aromatic carbocycles. The van der Waals surface area contributed by atoms with Crippen molar-refractivity contribution in [3.63, 3.8) is 0 Å². The van der Waals surface area contributed by atoms with Gasteiger partial charge >= 0.3 is 0 Å². The summed E-state index contributed by atoms with van der Waals surface area (Å²) < 4.78 is 18.9. The maximum Gasteiger partial charge on any atom is 0.177 e. The predicted octanol–water partition coefficient (Wildman–Crippen LogP) is 1.03. The molecule has 1 aliphatic heterocycles. The highest BCUT2D eigenvalue weighted by Gasteiger charge is 2.14. The second kappa shape index (κ2) is 6.02. The molecule has 1 aliphatic rings. The van der Waals surface area contributed by atoms with Gasteiger partial charge in [0.25, 0.3) is 0 Å².